The molecule has 0 radical (unpaired) electrons. The number of likely N-dealkylation sites (N-methyl/N-ethyl adjacent to an activating group) is 4. The number of imide groups is 5. The maximum atomic E-state index is 14.3. The molecule has 1 unspecified atom stereocenters. The van der Waals surface area contributed by atoms with Crippen molar-refractivity contribution < 1.29 is 68.1 Å². The fourth-order valence-electron chi connectivity index (χ4n) is 6.56. The first kappa shape index (κ1) is 59.8. The predicted octanol–water partition coefficient (Wildman–Crippen LogP) is -1.09. The molecule has 25 nitrogen and oxygen atoms in total. The number of carbonyl (C=O) groups excluding carboxylic acids is 11. The van der Waals surface area contributed by atoms with Crippen LogP contribution in [0.4, 0.5) is 24.0 Å². The maximum Gasteiger partial charge on any atom is 0.334 e. The lowest BCUT2D eigenvalue weighted by Crippen LogP contribution is -2.63. The highest BCUT2D eigenvalue weighted by molar-refractivity contribution is 6.07. The Morgan fingerprint density at radius 3 is 1.68 bits per heavy atom. The van der Waals surface area contributed by atoms with Crippen LogP contribution in [0.15, 0.2) is 12.2 Å². The van der Waals surface area contributed by atoms with E-state index in [2.05, 4.69) is 10.6 Å². The first-order chi connectivity index (χ1) is 30.4. The molecule has 0 aromatic heterocycles. The largest absolute Gasteiger partial charge is 0.394 e. The molecule has 0 heterocycles. The van der Waals surface area contributed by atoms with Crippen LogP contribution in [0.2, 0.25) is 0 Å². The molecule has 0 rings (SSSR count). The lowest BCUT2D eigenvalue weighted by molar-refractivity contribution is -0.152. The molecule has 0 fully saturated rings. The summed E-state index contributed by atoms with van der Waals surface area (Å²) in [5.74, 6) is -6.32. The Morgan fingerprint density at radius 1 is 0.697 bits per heavy atom. The third kappa shape index (κ3) is 16.3. The monoisotopic (exact) mass is 942 g/mol. The van der Waals surface area contributed by atoms with Gasteiger partial charge in [-0.2, -0.15) is 0 Å². The standard InChI is InChI=1S/C41H71N11O14/c1-16-18-19-24(5)30(55)29(49(12)35(60)28(23(3)4)50(13)40(65)52(15)39(64)46(9)22-54)32(57)43-25(17-2)33(58)48(11)27(21-53)34(59)47(10)26(20-41(6,7)66)31(56)44-37(62)51(14)38(63)45-36(61)42-8/h16,18,22-30,53,55,66H,17,19-21H2,1-15H3,(H,43,57)(H,44,56,62)(H2,42,45,61,63)/b18-16+/t24-,25+,26+,27?,28+,29+,30-/m1/s1. The summed E-state index contributed by atoms with van der Waals surface area (Å²) < 4.78 is 0. The zero-order valence-electron chi connectivity index (χ0n) is 40.6. The van der Waals surface area contributed by atoms with E-state index in [4.69, 9.17) is 0 Å². The molecule has 25 heteroatoms. The number of carbonyl (C=O) groups is 11. The van der Waals surface area contributed by atoms with Crippen molar-refractivity contribution in [3.8, 4) is 0 Å². The van der Waals surface area contributed by atoms with Gasteiger partial charge < -0.3 is 45.6 Å². The zero-order chi connectivity index (χ0) is 51.7. The van der Waals surface area contributed by atoms with E-state index in [-0.39, 0.29) is 19.3 Å². The van der Waals surface area contributed by atoms with Gasteiger partial charge in [0, 0.05) is 62.8 Å². The molecule has 7 N–H and O–H groups in total. The summed E-state index contributed by atoms with van der Waals surface area (Å²) in [7, 11) is 9.11. The quantitative estimate of drug-likeness (QED) is 0.0564. The van der Waals surface area contributed by atoms with Crippen molar-refractivity contribution in [2.75, 3.05) is 63.0 Å². The molecule has 7 atom stereocenters. The average molecular weight is 942 g/mol. The van der Waals surface area contributed by atoms with E-state index in [0.717, 1.165) is 54.8 Å². The van der Waals surface area contributed by atoms with Gasteiger partial charge in [0.25, 0.3) is 5.91 Å². The second kappa shape index (κ2) is 26.7. The van der Waals surface area contributed by atoms with Crippen LogP contribution in [0.5, 0.6) is 0 Å². The highest BCUT2D eigenvalue weighted by atomic mass is 16.3. The number of aliphatic hydroxyl groups is 3. The van der Waals surface area contributed by atoms with Gasteiger partial charge in [-0.3, -0.25) is 44.3 Å². The average Bonchev–Trinajstić information content (AvgIpc) is 3.26. The van der Waals surface area contributed by atoms with Crippen LogP contribution in [0.3, 0.4) is 0 Å². The third-order valence-corrected chi connectivity index (χ3v) is 10.7. The van der Waals surface area contributed by atoms with Crippen molar-refractivity contribution in [1.82, 2.24) is 55.6 Å². The Morgan fingerprint density at radius 2 is 1.23 bits per heavy atom. The SMILES string of the molecule is C/C=C/C[C@@H](C)[C@@H](O)[C@@H](C(=O)N[C@@H](CC)C(=O)N(C)C(CO)C(=O)N(C)[C@@H](CC(C)(C)O)C(=O)NC(=O)N(C)C(=O)NC(=O)NC)N(C)C(=O)[C@H](C(C)C)N(C)C(=O)N(C)C(=O)N(C)C=O. The molecule has 0 saturated heterocycles. The maximum absolute atomic E-state index is 14.3. The zero-order valence-corrected chi connectivity index (χ0v) is 40.6. The lowest BCUT2D eigenvalue weighted by atomic mass is 9.91. The summed E-state index contributed by atoms with van der Waals surface area (Å²) in [4.78, 5) is 149. The van der Waals surface area contributed by atoms with Crippen molar-refractivity contribution in [3.05, 3.63) is 12.2 Å². The van der Waals surface area contributed by atoms with Crippen LogP contribution in [-0.2, 0) is 28.8 Å². The number of amides is 16. The molecule has 0 aromatic rings. The number of hydrogen-bond acceptors (Lipinski definition) is 14. The van der Waals surface area contributed by atoms with E-state index in [1.165, 1.54) is 41.9 Å². The lowest BCUT2D eigenvalue weighted by Gasteiger charge is -2.40. The summed E-state index contributed by atoms with van der Waals surface area (Å²) in [5.41, 5.74) is -1.65. The van der Waals surface area contributed by atoms with Gasteiger partial charge in [-0.1, -0.05) is 39.8 Å². The van der Waals surface area contributed by atoms with Gasteiger partial charge in [0.05, 0.1) is 18.3 Å². The minimum absolute atomic E-state index is 0.125. The number of rotatable bonds is 20. The summed E-state index contributed by atoms with van der Waals surface area (Å²) >= 11 is 0. The number of aliphatic hydroxyl groups excluding tert-OH is 2. The first-order valence-electron chi connectivity index (χ1n) is 21.0. The Labute approximate surface area is 385 Å². The number of allylic oxidation sites excluding steroid dienone is 2. The summed E-state index contributed by atoms with van der Waals surface area (Å²) in [6, 6.07) is -13.3. The summed E-state index contributed by atoms with van der Waals surface area (Å²) in [6.07, 6.45) is 1.70. The minimum atomic E-state index is -1.73. The Kier molecular flexibility index (Phi) is 24.2. The Balaban J connectivity index is 6.87. The van der Waals surface area contributed by atoms with Crippen LogP contribution in [0.25, 0.3) is 0 Å². The molecule has 0 aliphatic rings. The van der Waals surface area contributed by atoms with Crippen molar-refractivity contribution >= 4 is 66.1 Å². The summed E-state index contributed by atoms with van der Waals surface area (Å²) in [5, 5.41) is 41.2. The molecular weight excluding hydrogens is 871 g/mol. The topological polar surface area (TPSA) is 319 Å². The molecule has 0 saturated carbocycles. The van der Waals surface area contributed by atoms with Crippen molar-refractivity contribution in [2.24, 2.45) is 11.8 Å². The summed E-state index contributed by atoms with van der Waals surface area (Å²) in [6.45, 7) is 9.67. The number of urea groups is 5. The van der Waals surface area contributed by atoms with E-state index in [0.29, 0.717) is 14.7 Å². The Bertz CT molecular complexity index is 1810. The molecular formula is C41H71N11O14. The van der Waals surface area contributed by atoms with Crippen molar-refractivity contribution in [2.45, 2.75) is 110 Å². The normalized spacial score (nSPS) is 14.5. The van der Waals surface area contributed by atoms with Crippen LogP contribution in [-0.4, -0.2) is 221 Å². The smallest absolute Gasteiger partial charge is 0.334 e. The second-order valence-electron chi connectivity index (χ2n) is 16.8. The van der Waals surface area contributed by atoms with E-state index < -0.39 is 126 Å². The van der Waals surface area contributed by atoms with E-state index >= 15 is 0 Å². The predicted molar refractivity (Wildman–Crippen MR) is 238 cm³/mol. The second-order valence-corrected chi connectivity index (χ2v) is 16.8. The van der Waals surface area contributed by atoms with Gasteiger partial charge in [-0.25, -0.2) is 33.8 Å². The van der Waals surface area contributed by atoms with Gasteiger partial charge in [-0.15, -0.1) is 0 Å². The third-order valence-electron chi connectivity index (χ3n) is 10.7. The van der Waals surface area contributed by atoms with Gasteiger partial charge in [0.2, 0.25) is 30.0 Å². The molecule has 374 valence electrons. The van der Waals surface area contributed by atoms with Crippen LogP contribution < -0.4 is 21.3 Å². The molecule has 0 bridgehead atoms. The minimum Gasteiger partial charge on any atom is -0.394 e. The van der Waals surface area contributed by atoms with Gasteiger partial charge >= 0.3 is 30.2 Å². The van der Waals surface area contributed by atoms with Gasteiger partial charge in [0.1, 0.15) is 30.2 Å². The Hall–Kier alpha value is -6.21. The highest BCUT2D eigenvalue weighted by Gasteiger charge is 2.44. The van der Waals surface area contributed by atoms with Crippen LogP contribution in [0, 0.1) is 11.8 Å². The fourth-order valence-corrected chi connectivity index (χ4v) is 6.56. The van der Waals surface area contributed by atoms with Crippen LogP contribution >= 0.6 is 0 Å². The van der Waals surface area contributed by atoms with Gasteiger partial charge in [0.15, 0.2) is 0 Å². The number of hydrogen-bond donors (Lipinski definition) is 7. The first-order valence-corrected chi connectivity index (χ1v) is 21.0. The van der Waals surface area contributed by atoms with Crippen LogP contribution in [0.1, 0.15) is 67.7 Å². The highest BCUT2D eigenvalue weighted by Crippen LogP contribution is 2.22. The van der Waals surface area contributed by atoms with Crippen molar-refractivity contribution in [3.63, 3.8) is 0 Å². The molecule has 0 aromatic carbocycles. The molecule has 0 spiro atoms. The van der Waals surface area contributed by atoms with Gasteiger partial charge in [-0.05, 0) is 45.4 Å². The molecule has 0 aliphatic heterocycles. The van der Waals surface area contributed by atoms with E-state index in [1.54, 1.807) is 39.8 Å². The van der Waals surface area contributed by atoms with E-state index in [1.807, 2.05) is 10.6 Å². The molecule has 16 amide bonds. The fraction of sp³-hybridized carbons (Fsp3) is 0.683. The number of nitrogens with one attached hydrogen (secondary N) is 4. The molecule has 0 aliphatic carbocycles. The van der Waals surface area contributed by atoms with E-state index in [9.17, 15) is 68.1 Å². The number of nitrogens with zero attached hydrogens (tertiary/aromatic N) is 7. The molecule has 66 heavy (non-hydrogen) atoms. The van der Waals surface area contributed by atoms with Crippen molar-refractivity contribution in [1.29, 1.82) is 0 Å².